The number of aliphatic imine (C=N–C) groups is 1. The molecule has 1 heterocycles. The van der Waals surface area contributed by atoms with Gasteiger partial charge in [-0.25, -0.2) is 0 Å². The second-order valence-corrected chi connectivity index (χ2v) is 10.6. The Morgan fingerprint density at radius 1 is 1.00 bits per heavy atom. The maximum Gasteiger partial charge on any atom is 0.129 e. The molecule has 0 amide bonds. The average molecular weight is 605 g/mol. The van der Waals surface area contributed by atoms with Crippen LogP contribution < -0.4 is 0 Å². The van der Waals surface area contributed by atoms with E-state index in [1.165, 1.54) is 43.3 Å². The van der Waals surface area contributed by atoms with Gasteiger partial charge in [0, 0.05) is 29.7 Å². The Kier molecular flexibility index (Phi) is 24.5. The van der Waals surface area contributed by atoms with Crippen molar-refractivity contribution in [2.24, 2.45) is 10.9 Å². The van der Waals surface area contributed by atoms with Crippen molar-refractivity contribution in [3.05, 3.63) is 81.8 Å². The van der Waals surface area contributed by atoms with E-state index in [4.69, 9.17) is 9.52 Å². The second-order valence-electron chi connectivity index (χ2n) is 9.70. The molecule has 220 valence electrons. The van der Waals surface area contributed by atoms with E-state index < -0.39 is 0 Å². The van der Waals surface area contributed by atoms with Crippen molar-refractivity contribution in [3.63, 3.8) is 0 Å². The zero-order valence-corrected chi connectivity index (χ0v) is 27.6. The van der Waals surface area contributed by atoms with Crippen LogP contribution >= 0.6 is 15.9 Å². The first-order valence-electron chi connectivity index (χ1n) is 14.1. The van der Waals surface area contributed by atoms with Gasteiger partial charge >= 0.3 is 0 Å². The van der Waals surface area contributed by atoms with Crippen LogP contribution in [0.1, 0.15) is 105 Å². The van der Waals surface area contributed by atoms with Gasteiger partial charge in [-0.1, -0.05) is 102 Å². The molecule has 5 heteroatoms. The van der Waals surface area contributed by atoms with Crippen molar-refractivity contribution in [2.45, 2.75) is 101 Å². The number of aliphatic hydroxyl groups is 1. The van der Waals surface area contributed by atoms with E-state index in [0.717, 1.165) is 33.7 Å². The van der Waals surface area contributed by atoms with E-state index in [9.17, 15) is 5.11 Å². The van der Waals surface area contributed by atoms with Crippen molar-refractivity contribution in [1.29, 1.82) is 0 Å². The SMILES string of the molecule is C=C(C=C(C)C)c1ccccc1O.CCCCC(CC)CC.CCc1ccc(CO)o1.CN=CC(Br)=C(C)C. The number of para-hydroxylation sites is 1. The lowest BCUT2D eigenvalue weighted by Gasteiger charge is -2.09. The predicted octanol–water partition coefficient (Wildman–Crippen LogP) is 10.7. The molecule has 39 heavy (non-hydrogen) atoms. The molecule has 0 unspecified atom stereocenters. The minimum atomic E-state index is 0. The molecule has 2 N–H and O–H groups in total. The van der Waals surface area contributed by atoms with E-state index in [-0.39, 0.29) is 12.4 Å². The van der Waals surface area contributed by atoms with Gasteiger partial charge < -0.3 is 14.6 Å². The van der Waals surface area contributed by atoms with Gasteiger partial charge in [0.1, 0.15) is 23.9 Å². The third-order valence-corrected chi connectivity index (χ3v) is 6.77. The number of hydrogen-bond donors (Lipinski definition) is 2. The molecule has 0 aliphatic rings. The number of aliphatic hydroxyl groups excluding tert-OH is 1. The Morgan fingerprint density at radius 3 is 1.95 bits per heavy atom. The third kappa shape index (κ3) is 20.2. The van der Waals surface area contributed by atoms with Crippen molar-refractivity contribution in [1.82, 2.24) is 0 Å². The third-order valence-electron chi connectivity index (χ3n) is 5.78. The van der Waals surface area contributed by atoms with Crippen molar-refractivity contribution in [2.75, 3.05) is 7.05 Å². The topological polar surface area (TPSA) is 66.0 Å². The molecule has 0 bridgehead atoms. The van der Waals surface area contributed by atoms with Crippen LogP contribution in [-0.4, -0.2) is 23.5 Å². The predicted molar refractivity (Wildman–Crippen MR) is 176 cm³/mol. The quantitative estimate of drug-likeness (QED) is 0.209. The minimum Gasteiger partial charge on any atom is -0.507 e. The molecular formula is C34H54BrNO3. The van der Waals surface area contributed by atoms with Crippen LogP contribution in [0.25, 0.3) is 5.57 Å². The standard InChI is InChI=1S/C12H14O.C9H20.C7H10O2.C6H10BrN/c1-9(2)8-10(3)11-6-4-5-7-12(11)13;1-4-7-8-9(5-2)6-3;1-2-6-3-4-7(5-8)9-6;1-5(2)6(7)4-8-3/h4-8,13H,3H2,1-2H3;9H,4-8H2,1-3H3;3-4,8H,2,5H2,1H3;4H,1-3H3. The summed E-state index contributed by atoms with van der Waals surface area (Å²) in [7, 11) is 1.75. The molecule has 0 saturated carbocycles. The number of phenols is 1. The first-order chi connectivity index (χ1) is 18.5. The normalized spacial score (nSPS) is 9.95. The van der Waals surface area contributed by atoms with Crippen LogP contribution in [0.3, 0.4) is 0 Å². The second kappa shape index (κ2) is 24.7. The monoisotopic (exact) mass is 603 g/mol. The molecule has 1 aromatic carbocycles. The zero-order valence-electron chi connectivity index (χ0n) is 26.0. The maximum absolute atomic E-state index is 9.50. The Labute approximate surface area is 247 Å². The van der Waals surface area contributed by atoms with Crippen molar-refractivity contribution in [3.8, 4) is 5.75 Å². The van der Waals surface area contributed by atoms with Gasteiger partial charge in [0.15, 0.2) is 0 Å². The summed E-state index contributed by atoms with van der Waals surface area (Å²) in [6.07, 6.45) is 11.6. The number of aryl methyl sites for hydroxylation is 1. The smallest absolute Gasteiger partial charge is 0.129 e. The van der Waals surface area contributed by atoms with Crippen LogP contribution in [0.4, 0.5) is 0 Å². The number of rotatable bonds is 10. The number of phenolic OH excluding ortho intramolecular Hbond substituents is 1. The van der Waals surface area contributed by atoms with E-state index in [0.29, 0.717) is 5.76 Å². The highest BCUT2D eigenvalue weighted by Gasteiger charge is 2.01. The van der Waals surface area contributed by atoms with Crippen LogP contribution in [-0.2, 0) is 13.0 Å². The fraction of sp³-hybridized carbons (Fsp3) is 0.500. The van der Waals surface area contributed by atoms with Crippen LogP contribution in [0, 0.1) is 5.92 Å². The van der Waals surface area contributed by atoms with E-state index in [1.807, 2.05) is 58.9 Å². The molecule has 0 atom stereocenters. The Balaban J connectivity index is 0. The zero-order chi connectivity index (χ0) is 30.2. The Morgan fingerprint density at radius 2 is 1.59 bits per heavy atom. The summed E-state index contributed by atoms with van der Waals surface area (Å²) in [6.45, 7) is 20.8. The van der Waals surface area contributed by atoms with E-state index in [1.54, 1.807) is 31.5 Å². The Hall–Kier alpha value is -2.37. The number of hydrogen-bond acceptors (Lipinski definition) is 4. The lowest BCUT2D eigenvalue weighted by Crippen LogP contribution is -1.95. The Bertz CT molecular complexity index is 971. The van der Waals surface area contributed by atoms with Crippen LogP contribution in [0.2, 0.25) is 0 Å². The highest BCUT2D eigenvalue weighted by atomic mass is 79.9. The summed E-state index contributed by atoms with van der Waals surface area (Å²) >= 11 is 3.33. The molecule has 0 saturated heterocycles. The average Bonchev–Trinajstić information content (AvgIpc) is 3.39. The largest absolute Gasteiger partial charge is 0.507 e. The molecule has 0 aliphatic carbocycles. The summed E-state index contributed by atoms with van der Waals surface area (Å²) in [5, 5.41) is 18.1. The number of nitrogens with zero attached hydrogens (tertiary/aromatic N) is 1. The van der Waals surface area contributed by atoms with Crippen LogP contribution in [0.15, 0.2) is 74.1 Å². The molecule has 0 aliphatic heterocycles. The van der Waals surface area contributed by atoms with Gasteiger partial charge in [-0.3, -0.25) is 4.99 Å². The molecule has 0 fully saturated rings. The minimum absolute atomic E-state index is 0. The highest BCUT2D eigenvalue weighted by molar-refractivity contribution is 9.12. The van der Waals surface area contributed by atoms with Crippen molar-refractivity contribution < 1.29 is 14.6 Å². The van der Waals surface area contributed by atoms with Crippen molar-refractivity contribution >= 4 is 27.7 Å². The summed E-state index contributed by atoms with van der Waals surface area (Å²) in [5.74, 6) is 2.86. The molecule has 2 rings (SSSR count). The highest BCUT2D eigenvalue weighted by Crippen LogP contribution is 2.24. The first kappa shape index (κ1) is 38.8. The van der Waals surface area contributed by atoms with Gasteiger partial charge in [-0.15, -0.1) is 0 Å². The fourth-order valence-corrected chi connectivity index (χ4v) is 3.51. The van der Waals surface area contributed by atoms with Gasteiger partial charge in [0.05, 0.1) is 0 Å². The molecule has 1 aromatic heterocycles. The summed E-state index contributed by atoms with van der Waals surface area (Å²) < 4.78 is 6.20. The lowest BCUT2D eigenvalue weighted by atomic mass is 9.97. The number of halogens is 1. The number of furan rings is 1. The number of unbranched alkanes of at least 4 members (excludes halogenated alkanes) is 1. The molecular weight excluding hydrogens is 550 g/mol. The molecule has 4 nitrogen and oxygen atoms in total. The van der Waals surface area contributed by atoms with E-state index >= 15 is 0 Å². The molecule has 0 spiro atoms. The van der Waals surface area contributed by atoms with Crippen LogP contribution in [0.5, 0.6) is 5.75 Å². The van der Waals surface area contributed by atoms with E-state index in [2.05, 4.69) is 48.3 Å². The lowest BCUT2D eigenvalue weighted by molar-refractivity contribution is 0.244. The van der Waals surface area contributed by atoms with Gasteiger partial charge in [-0.2, -0.15) is 0 Å². The maximum atomic E-state index is 9.50. The number of benzene rings is 1. The van der Waals surface area contributed by atoms with Gasteiger partial charge in [0.2, 0.25) is 0 Å². The first-order valence-corrected chi connectivity index (χ1v) is 14.9. The van der Waals surface area contributed by atoms with Gasteiger partial charge in [-0.05, 0) is 73.3 Å². The number of aromatic hydroxyl groups is 1. The summed E-state index contributed by atoms with van der Waals surface area (Å²) in [5.41, 5.74) is 4.06. The molecule has 0 radical (unpaired) electrons. The fourth-order valence-electron chi connectivity index (χ4n) is 3.30. The summed E-state index contributed by atoms with van der Waals surface area (Å²) in [4.78, 5) is 3.83. The number of allylic oxidation sites excluding steroid dienone is 5. The summed E-state index contributed by atoms with van der Waals surface area (Å²) in [6, 6.07) is 10.9. The molecule has 2 aromatic rings. The van der Waals surface area contributed by atoms with Gasteiger partial charge in [0.25, 0.3) is 0 Å².